The smallest absolute Gasteiger partial charge is 0.407 e. The van der Waals surface area contributed by atoms with Gasteiger partial charge in [-0.15, -0.1) is 11.3 Å². The van der Waals surface area contributed by atoms with Crippen LogP contribution in [0.5, 0.6) is 0 Å². The van der Waals surface area contributed by atoms with Crippen LogP contribution >= 0.6 is 11.3 Å². The molecule has 0 fully saturated rings. The molecule has 212 valence electrons. The summed E-state index contributed by atoms with van der Waals surface area (Å²) in [6.45, 7) is 18.1. The van der Waals surface area contributed by atoms with Crippen molar-refractivity contribution >= 4 is 29.2 Å². The molecule has 1 aromatic rings. The molecule has 0 aliphatic rings. The van der Waals surface area contributed by atoms with Crippen molar-refractivity contribution in [3.05, 3.63) is 16.1 Å². The van der Waals surface area contributed by atoms with E-state index in [1.165, 1.54) is 4.90 Å². The lowest BCUT2D eigenvalue weighted by Gasteiger charge is -2.32. The van der Waals surface area contributed by atoms with Crippen molar-refractivity contribution in [2.75, 3.05) is 13.7 Å². The number of amides is 3. The normalized spacial score (nSPS) is 15.0. The molecule has 37 heavy (non-hydrogen) atoms. The maximum absolute atomic E-state index is 13.4. The number of aromatic nitrogens is 1. The molecular weight excluding hydrogens is 492 g/mol. The van der Waals surface area contributed by atoms with Crippen molar-refractivity contribution in [3.8, 4) is 0 Å². The van der Waals surface area contributed by atoms with Gasteiger partial charge in [0.25, 0.3) is 0 Å². The molecule has 1 unspecified atom stereocenters. The van der Waals surface area contributed by atoms with Gasteiger partial charge in [-0.2, -0.15) is 0 Å². The Morgan fingerprint density at radius 3 is 2.27 bits per heavy atom. The van der Waals surface area contributed by atoms with Crippen LogP contribution in [0.3, 0.4) is 0 Å². The van der Waals surface area contributed by atoms with Crippen LogP contribution in [0.4, 0.5) is 9.59 Å². The van der Waals surface area contributed by atoms with Gasteiger partial charge in [-0.25, -0.2) is 14.6 Å². The molecule has 0 saturated heterocycles. The number of rotatable bonds is 14. The number of alkyl carbamates (subject to hydrolysis) is 1. The second-order valence-electron chi connectivity index (χ2n) is 11.2. The van der Waals surface area contributed by atoms with Gasteiger partial charge in [0.05, 0.1) is 35.6 Å². The summed E-state index contributed by atoms with van der Waals surface area (Å²) in [7, 11) is 1.70. The minimum Gasteiger partial charge on any atom is -0.450 e. The topological polar surface area (TPSA) is 110 Å². The van der Waals surface area contributed by atoms with Crippen LogP contribution in [-0.2, 0) is 20.8 Å². The third kappa shape index (κ3) is 12.7. The summed E-state index contributed by atoms with van der Waals surface area (Å²) < 4.78 is 11.0. The summed E-state index contributed by atoms with van der Waals surface area (Å²) >= 11 is 1.59. The number of nitrogens with one attached hydrogen (secondary N) is 2. The van der Waals surface area contributed by atoms with Gasteiger partial charge >= 0.3 is 12.1 Å². The third-order valence-corrected chi connectivity index (χ3v) is 6.92. The molecule has 9 nitrogen and oxygen atoms in total. The van der Waals surface area contributed by atoms with E-state index in [1.54, 1.807) is 25.3 Å². The van der Waals surface area contributed by atoms with E-state index in [0.717, 1.165) is 17.1 Å². The van der Waals surface area contributed by atoms with E-state index in [0.29, 0.717) is 31.9 Å². The summed E-state index contributed by atoms with van der Waals surface area (Å²) in [6.07, 6.45) is 0.816. The lowest BCUT2D eigenvalue weighted by atomic mass is 9.92. The number of hydrogen-bond donors (Lipinski definition) is 2. The Hall–Kier alpha value is -2.20. The number of nitrogens with zero attached hydrogens (tertiary/aromatic N) is 2. The number of ether oxygens (including phenoxy) is 2. The molecule has 2 N–H and O–H groups in total. The van der Waals surface area contributed by atoms with Gasteiger partial charge < -0.3 is 25.0 Å². The molecule has 10 heteroatoms. The Morgan fingerprint density at radius 1 is 1.08 bits per heavy atom. The molecule has 1 heterocycles. The average molecular weight is 541 g/mol. The molecule has 3 amide bonds. The lowest BCUT2D eigenvalue weighted by Crippen LogP contribution is -2.53. The average Bonchev–Trinajstić information content (AvgIpc) is 3.23. The van der Waals surface area contributed by atoms with Crippen LogP contribution in [-0.4, -0.2) is 65.2 Å². The number of urea groups is 1. The number of ketones is 1. The molecule has 0 spiro atoms. The first-order chi connectivity index (χ1) is 17.1. The Bertz CT molecular complexity index is 867. The van der Waals surface area contributed by atoms with E-state index in [2.05, 4.69) is 29.5 Å². The fourth-order valence-electron chi connectivity index (χ4n) is 3.86. The molecule has 0 aromatic carbocycles. The first kappa shape index (κ1) is 32.8. The summed E-state index contributed by atoms with van der Waals surface area (Å²) in [5.41, 5.74) is 0.356. The zero-order valence-electron chi connectivity index (χ0n) is 24.3. The predicted octanol–water partition coefficient (Wildman–Crippen LogP) is 5.49. The van der Waals surface area contributed by atoms with Gasteiger partial charge in [0.1, 0.15) is 6.04 Å². The number of carbonyl (C=O) groups excluding carboxylic acids is 3. The summed E-state index contributed by atoms with van der Waals surface area (Å²) in [6, 6.07) is -1.19. The maximum Gasteiger partial charge on any atom is 0.407 e. The molecular formula is C27H48N4O5S. The van der Waals surface area contributed by atoms with Crippen LogP contribution in [0.25, 0.3) is 0 Å². The second kappa shape index (κ2) is 15.3. The van der Waals surface area contributed by atoms with Crippen molar-refractivity contribution in [2.24, 2.45) is 5.92 Å². The quantitative estimate of drug-likeness (QED) is 0.323. The highest BCUT2D eigenvalue weighted by molar-refractivity contribution is 7.09. The molecule has 1 rings (SSSR count). The number of carbonyl (C=O) groups is 3. The number of thiazole rings is 1. The van der Waals surface area contributed by atoms with E-state index in [1.807, 2.05) is 46.9 Å². The van der Waals surface area contributed by atoms with Crippen molar-refractivity contribution in [1.82, 2.24) is 20.5 Å². The lowest BCUT2D eigenvalue weighted by molar-refractivity contribution is -0.129. The molecule has 0 radical (unpaired) electrons. The maximum atomic E-state index is 13.4. The zero-order chi connectivity index (χ0) is 28.3. The second-order valence-corrected chi connectivity index (χ2v) is 12.1. The molecule has 0 aliphatic carbocycles. The van der Waals surface area contributed by atoms with Gasteiger partial charge in [0.15, 0.2) is 5.78 Å². The Balaban J connectivity index is 2.80. The van der Waals surface area contributed by atoms with E-state index in [9.17, 15) is 14.4 Å². The van der Waals surface area contributed by atoms with Crippen molar-refractivity contribution < 1.29 is 23.9 Å². The third-order valence-electron chi connectivity index (χ3n) is 5.73. The largest absolute Gasteiger partial charge is 0.450 e. The predicted molar refractivity (Wildman–Crippen MR) is 148 cm³/mol. The monoisotopic (exact) mass is 540 g/mol. The minimum absolute atomic E-state index is 0.0641. The number of hydrogen-bond acceptors (Lipinski definition) is 7. The van der Waals surface area contributed by atoms with E-state index in [4.69, 9.17) is 9.47 Å². The fourth-order valence-corrected chi connectivity index (χ4v) is 4.68. The first-order valence-electron chi connectivity index (χ1n) is 13.2. The molecule has 1 aromatic heterocycles. The summed E-state index contributed by atoms with van der Waals surface area (Å²) in [4.78, 5) is 44.2. The molecule has 4 atom stereocenters. The van der Waals surface area contributed by atoms with Gasteiger partial charge in [-0.3, -0.25) is 4.79 Å². The molecule has 0 bridgehead atoms. The minimum atomic E-state index is -0.784. The molecule has 0 saturated carbocycles. The highest BCUT2D eigenvalue weighted by Gasteiger charge is 2.32. The molecule has 0 aliphatic heterocycles. The highest BCUT2D eigenvalue weighted by Crippen LogP contribution is 2.21. The van der Waals surface area contributed by atoms with Gasteiger partial charge in [-0.1, -0.05) is 20.8 Å². The SMILES string of the molecule is CCOC(=O)N[C@@H](C)CC[C@H](C)CC(=O)[C@@H](NC(=O)N(C)Cc1csc(C(C)C)n1)C(C)OC(C)(C)C. The van der Waals surface area contributed by atoms with Gasteiger partial charge in [0.2, 0.25) is 0 Å². The van der Waals surface area contributed by atoms with Crippen LogP contribution in [0.1, 0.15) is 98.2 Å². The standard InChI is InChI=1S/C27H48N4O5S/c1-11-35-26(34)28-19(5)13-12-18(4)14-22(32)23(20(6)36-27(7,8)9)30-25(33)31(10)15-21-16-37-24(29-21)17(2)3/h16-20,23H,11-15H2,1-10H3,(H,28,34)(H,30,33)/t18-,19-,20?,23-/m0/s1. The summed E-state index contributed by atoms with van der Waals surface area (Å²) in [5, 5.41) is 8.70. The van der Waals surface area contributed by atoms with E-state index >= 15 is 0 Å². The summed E-state index contributed by atoms with van der Waals surface area (Å²) in [5.74, 6) is 0.330. The van der Waals surface area contributed by atoms with Crippen molar-refractivity contribution in [3.63, 3.8) is 0 Å². The van der Waals surface area contributed by atoms with Crippen LogP contribution in [0, 0.1) is 5.92 Å². The van der Waals surface area contributed by atoms with Crippen LogP contribution < -0.4 is 10.6 Å². The highest BCUT2D eigenvalue weighted by atomic mass is 32.1. The van der Waals surface area contributed by atoms with Gasteiger partial charge in [0, 0.05) is 30.8 Å². The van der Waals surface area contributed by atoms with Gasteiger partial charge in [-0.05, 0) is 60.3 Å². The van der Waals surface area contributed by atoms with Crippen molar-refractivity contribution in [1.29, 1.82) is 0 Å². The Kier molecular flexibility index (Phi) is 13.5. The van der Waals surface area contributed by atoms with Crippen LogP contribution in [0.15, 0.2) is 5.38 Å². The Labute approximate surface area is 227 Å². The van der Waals surface area contributed by atoms with Crippen molar-refractivity contribution in [2.45, 2.75) is 118 Å². The zero-order valence-corrected chi connectivity index (χ0v) is 25.2. The van der Waals surface area contributed by atoms with E-state index in [-0.39, 0.29) is 23.8 Å². The number of Topliss-reactive ketones (excluding diaryl/α,β-unsaturated/α-hetero) is 1. The Morgan fingerprint density at radius 2 is 1.73 bits per heavy atom. The fraction of sp³-hybridized carbons (Fsp3) is 0.778. The van der Waals surface area contributed by atoms with E-state index < -0.39 is 23.8 Å². The van der Waals surface area contributed by atoms with Crippen LogP contribution in [0.2, 0.25) is 0 Å². The first-order valence-corrected chi connectivity index (χ1v) is 14.1.